The number of carbonyl (C=O) groups is 5. The Hall–Kier alpha value is -7.32. The normalized spacial score (nSPS) is 22.5. The lowest BCUT2D eigenvalue weighted by molar-refractivity contribution is -0.156. The topological polar surface area (TPSA) is 241 Å². The molecular formula is C58H69Cl2F3N12O5. The van der Waals surface area contributed by atoms with Crippen molar-refractivity contribution in [2.24, 2.45) is 11.8 Å². The Labute approximate surface area is 474 Å². The molecule has 0 aliphatic heterocycles. The molecule has 8 N–H and O–H groups in total. The van der Waals surface area contributed by atoms with E-state index in [1.807, 2.05) is 60.9 Å². The maximum Gasteiger partial charge on any atom is 0.446 e. The molecule has 22 heteroatoms. The first-order chi connectivity index (χ1) is 39.0. The monoisotopic (exact) mass is 1140 g/mol. The largest absolute Gasteiger partial charge is 0.446 e. The second-order valence-electron chi connectivity index (χ2n) is 20.2. The fourth-order valence-electron chi connectivity index (χ4n) is 10.9. The molecular weight excluding hydrogens is 1070 g/mol. The van der Waals surface area contributed by atoms with Gasteiger partial charge in [-0.25, -0.2) is 19.9 Å². The molecule has 4 amide bonds. The predicted octanol–water partition coefficient (Wildman–Crippen LogP) is 11.0. The highest BCUT2D eigenvalue weighted by molar-refractivity contribution is 6.33. The van der Waals surface area contributed by atoms with Gasteiger partial charge in [0, 0.05) is 94.8 Å². The average Bonchev–Trinajstić information content (AvgIpc) is 4.40. The van der Waals surface area contributed by atoms with Crippen molar-refractivity contribution in [2.45, 2.75) is 146 Å². The van der Waals surface area contributed by atoms with Crippen LogP contribution in [0, 0.1) is 11.8 Å². The summed E-state index contributed by atoms with van der Waals surface area (Å²) in [6.07, 6.45) is 16.0. The van der Waals surface area contributed by atoms with Crippen LogP contribution in [-0.2, 0) is 24.0 Å². The number of aromatic amines is 2. The number of rotatable bonds is 14. The Kier molecular flexibility index (Phi) is 21.1. The predicted molar refractivity (Wildman–Crippen MR) is 307 cm³/mol. The van der Waals surface area contributed by atoms with E-state index in [9.17, 15) is 32.3 Å². The van der Waals surface area contributed by atoms with Crippen molar-refractivity contribution >= 4 is 86.8 Å². The fourth-order valence-corrected chi connectivity index (χ4v) is 11.3. The number of hydrogen-bond acceptors (Lipinski definition) is 11. The number of nitrogens with one attached hydrogen (secondary N) is 8. The maximum atomic E-state index is 12.9. The van der Waals surface area contributed by atoms with Crippen LogP contribution < -0.4 is 31.9 Å². The van der Waals surface area contributed by atoms with Gasteiger partial charge in [0.1, 0.15) is 0 Å². The lowest BCUT2D eigenvalue weighted by Crippen LogP contribution is -2.44. The van der Waals surface area contributed by atoms with Crippen molar-refractivity contribution < 1.29 is 38.5 Å². The zero-order valence-electron chi connectivity index (χ0n) is 45.5. The third-order valence-corrected chi connectivity index (χ3v) is 15.2. The number of carbonyl (C=O) groups excluding carboxylic acids is 5. The van der Waals surface area contributed by atoms with E-state index >= 15 is 0 Å². The summed E-state index contributed by atoms with van der Waals surface area (Å²) in [5.74, 6) is 0.750. The van der Waals surface area contributed by atoms with Gasteiger partial charge in [-0.05, 0) is 114 Å². The highest BCUT2D eigenvalue weighted by atomic mass is 35.5. The van der Waals surface area contributed by atoms with E-state index in [1.54, 1.807) is 19.3 Å². The molecule has 4 saturated carbocycles. The van der Waals surface area contributed by atoms with Crippen LogP contribution in [0.15, 0.2) is 98.6 Å². The van der Waals surface area contributed by atoms with E-state index in [4.69, 9.17) is 39.3 Å². The maximum absolute atomic E-state index is 12.9. The summed E-state index contributed by atoms with van der Waals surface area (Å²) in [6.45, 7) is 9.27. The number of aromatic nitrogens is 6. The molecule has 4 fully saturated rings. The quantitative estimate of drug-likeness (QED) is 0.0377. The number of benzene rings is 2. The number of aldehydes is 1. The van der Waals surface area contributed by atoms with Gasteiger partial charge in [-0.15, -0.1) is 0 Å². The van der Waals surface area contributed by atoms with E-state index in [2.05, 4.69) is 65.0 Å². The highest BCUT2D eigenvalue weighted by Crippen LogP contribution is 2.35. The summed E-state index contributed by atoms with van der Waals surface area (Å²) in [6, 6.07) is 16.7. The van der Waals surface area contributed by atoms with E-state index in [0.29, 0.717) is 53.1 Å². The van der Waals surface area contributed by atoms with Crippen molar-refractivity contribution in [1.29, 1.82) is 0 Å². The second-order valence-corrected chi connectivity index (χ2v) is 21.0. The van der Waals surface area contributed by atoms with Gasteiger partial charge < -0.3 is 41.9 Å². The fraction of sp³-hybridized carbons (Fsp3) is 0.431. The third-order valence-electron chi connectivity index (χ3n) is 14.7. The van der Waals surface area contributed by atoms with E-state index in [0.717, 1.165) is 110 Å². The summed E-state index contributed by atoms with van der Waals surface area (Å²) in [5.41, 5.74) is 5.31. The van der Waals surface area contributed by atoms with Crippen LogP contribution in [0.3, 0.4) is 0 Å². The molecule has 17 nitrogen and oxygen atoms in total. The number of nitrogens with zero attached hydrogens (tertiary/aromatic N) is 4. The Morgan fingerprint density at radius 2 is 0.988 bits per heavy atom. The number of fused-ring (bicyclic) bond motifs is 2. The molecule has 0 bridgehead atoms. The van der Waals surface area contributed by atoms with Crippen LogP contribution in [0.1, 0.15) is 105 Å². The number of hydrogen-bond donors (Lipinski definition) is 8. The molecule has 6 aromatic rings. The van der Waals surface area contributed by atoms with E-state index in [-0.39, 0.29) is 71.7 Å². The number of alkyl halides is 3. The van der Waals surface area contributed by atoms with E-state index in [1.165, 1.54) is 12.2 Å². The summed E-state index contributed by atoms with van der Waals surface area (Å²) < 4.78 is 37.5. The first-order valence-corrected chi connectivity index (χ1v) is 27.7. The first kappa shape index (κ1) is 58.8. The minimum Gasteiger partial charge on any atom is -0.360 e. The van der Waals surface area contributed by atoms with Gasteiger partial charge in [-0.3, -0.25) is 24.0 Å². The molecule has 4 aliphatic carbocycles. The number of anilines is 2. The van der Waals surface area contributed by atoms with Gasteiger partial charge in [-0.2, -0.15) is 13.2 Å². The number of para-hydroxylation sites is 2. The Balaban J connectivity index is 0.000000203. The lowest BCUT2D eigenvalue weighted by atomic mass is 9.90. The molecule has 0 spiro atoms. The molecule has 4 aliphatic rings. The molecule has 426 valence electrons. The SMILES string of the molecule is C=CC(=O)N[C@@H]1CC[C@H](C(=O)N[C@H]2CCC[C@@H](Nc3ncc(Cl)c(-c4c[nH]c5ccccc45)n3)C2)C1.C=CC(=O)N[C@@H]1CC[C@H](C(=O)N[C@H]2CCC[C@@H](Nc3ncc(Cl)c(-c4c[nH]c5ccccc45)n3)C2)C1.O=CC(F)(F)F.[2H]CC. The van der Waals surface area contributed by atoms with Gasteiger partial charge in [0.15, 0.2) is 0 Å². The minimum absolute atomic E-state index is 0.0421. The van der Waals surface area contributed by atoms with E-state index < -0.39 is 12.5 Å². The smallest absolute Gasteiger partial charge is 0.360 e. The van der Waals surface area contributed by atoms with Crippen molar-refractivity contribution in [3.63, 3.8) is 0 Å². The highest BCUT2D eigenvalue weighted by Gasteiger charge is 2.35. The summed E-state index contributed by atoms with van der Waals surface area (Å²) in [4.78, 5) is 82.5. The molecule has 10 rings (SSSR count). The molecule has 80 heavy (non-hydrogen) atoms. The van der Waals surface area contributed by atoms with Gasteiger partial charge in [0.05, 0.1) is 33.8 Å². The van der Waals surface area contributed by atoms with Gasteiger partial charge in [0.2, 0.25) is 41.8 Å². The Bertz CT molecular complexity index is 2950. The third kappa shape index (κ3) is 16.6. The molecule has 4 aromatic heterocycles. The average molecular weight is 1140 g/mol. The number of halogens is 5. The Morgan fingerprint density at radius 1 is 0.613 bits per heavy atom. The molecule has 2 aromatic carbocycles. The van der Waals surface area contributed by atoms with Crippen LogP contribution in [-0.4, -0.2) is 102 Å². The van der Waals surface area contributed by atoms with Crippen molar-refractivity contribution in [2.75, 3.05) is 10.6 Å². The van der Waals surface area contributed by atoms with Crippen LogP contribution >= 0.6 is 23.2 Å². The number of H-pyrrole nitrogens is 2. The lowest BCUT2D eigenvalue weighted by Gasteiger charge is -2.31. The molecule has 8 atom stereocenters. The zero-order valence-corrected chi connectivity index (χ0v) is 46.0. The van der Waals surface area contributed by atoms with Crippen molar-refractivity contribution in [1.82, 2.24) is 51.2 Å². The molecule has 4 heterocycles. The van der Waals surface area contributed by atoms with Gasteiger partial charge in [-0.1, -0.05) is 86.6 Å². The van der Waals surface area contributed by atoms with Crippen LogP contribution in [0.4, 0.5) is 25.1 Å². The zero-order chi connectivity index (χ0) is 58.1. The first-order valence-electron chi connectivity index (χ1n) is 27.7. The van der Waals surface area contributed by atoms with Crippen LogP contribution in [0.25, 0.3) is 44.3 Å². The van der Waals surface area contributed by atoms with Crippen molar-refractivity contribution in [3.05, 3.63) is 109 Å². The second kappa shape index (κ2) is 28.7. The molecule has 0 radical (unpaired) electrons. The molecule has 0 unspecified atom stereocenters. The molecule has 0 saturated heterocycles. The summed E-state index contributed by atoms with van der Waals surface area (Å²) in [7, 11) is 0. The van der Waals surface area contributed by atoms with Crippen molar-refractivity contribution in [3.8, 4) is 22.5 Å². The summed E-state index contributed by atoms with van der Waals surface area (Å²) in [5, 5.41) is 22.4. The minimum atomic E-state index is -4.64. The van der Waals surface area contributed by atoms with Crippen LogP contribution in [0.5, 0.6) is 0 Å². The summed E-state index contributed by atoms with van der Waals surface area (Å²) >= 11 is 13.0. The standard InChI is InChI=1S/2C27H31ClN6O2.C2HF3O.C2H6/c2*1-2-24(35)31-19-11-10-16(12-19)26(36)32-17-6-5-7-18(13-17)33-27-30-15-22(28)25(34-27)21-14-29-23-9-4-3-8-20(21)23;3-2(4,5)1-6;1-2/h2*2-4,8-9,14-19,29H,1,5-7,10-13H2,(H,31,35)(H,32,36)(H,30,33,34);1H;1-2H3/t2*16-,17-,18+,19+;;/m00../s1/i;;;1D. The van der Waals surface area contributed by atoms with Gasteiger partial charge in [0.25, 0.3) is 0 Å². The number of amides is 4. The van der Waals surface area contributed by atoms with Crippen LogP contribution in [0.2, 0.25) is 10.0 Å². The van der Waals surface area contributed by atoms with Gasteiger partial charge >= 0.3 is 6.18 Å². The Morgan fingerprint density at radius 3 is 1.38 bits per heavy atom.